The van der Waals surface area contributed by atoms with E-state index < -0.39 is 0 Å². The molecule has 3 rings (SSSR count). The van der Waals surface area contributed by atoms with Gasteiger partial charge in [-0.15, -0.1) is 11.8 Å². The molecule has 2 aliphatic rings. The molecule has 74 valence electrons. The highest BCUT2D eigenvalue weighted by molar-refractivity contribution is 8.00. The zero-order valence-electron chi connectivity index (χ0n) is 7.98. The van der Waals surface area contributed by atoms with Gasteiger partial charge >= 0.3 is 0 Å². The minimum absolute atomic E-state index is 0.152. The van der Waals surface area contributed by atoms with Gasteiger partial charge in [0.25, 0.3) is 0 Å². The van der Waals surface area contributed by atoms with E-state index in [2.05, 4.69) is 35.2 Å². The highest BCUT2D eigenvalue weighted by Gasteiger charge is 2.47. The quantitative estimate of drug-likeness (QED) is 0.697. The van der Waals surface area contributed by atoms with Crippen molar-refractivity contribution >= 4 is 11.8 Å². The Morgan fingerprint density at radius 2 is 2.07 bits per heavy atom. The first-order valence-electron chi connectivity index (χ1n) is 5.00. The van der Waals surface area contributed by atoms with Gasteiger partial charge in [-0.05, 0) is 0 Å². The van der Waals surface area contributed by atoms with Crippen molar-refractivity contribution in [1.29, 1.82) is 0 Å². The first-order valence-corrected chi connectivity index (χ1v) is 5.99. The molecule has 0 aliphatic carbocycles. The fraction of sp³-hybridized carbons (Fsp3) is 0.455. The lowest BCUT2D eigenvalue weighted by molar-refractivity contribution is 0.00807. The van der Waals surface area contributed by atoms with Gasteiger partial charge in [-0.3, -0.25) is 4.90 Å². The molecule has 0 saturated carbocycles. The Kier molecular flexibility index (Phi) is 2.04. The Morgan fingerprint density at radius 1 is 1.21 bits per heavy atom. The fourth-order valence-electron chi connectivity index (χ4n) is 2.22. The Labute approximate surface area is 88.2 Å². The molecule has 3 heteroatoms. The van der Waals surface area contributed by atoms with Crippen molar-refractivity contribution in [2.45, 2.75) is 5.06 Å². The maximum absolute atomic E-state index is 5.94. The molecule has 1 aromatic rings. The third kappa shape index (κ3) is 1.13. The third-order valence-corrected chi connectivity index (χ3v) is 4.26. The van der Waals surface area contributed by atoms with Crippen molar-refractivity contribution in [3.05, 3.63) is 35.9 Å². The number of thioether (sulfide) groups is 1. The second kappa shape index (κ2) is 3.26. The van der Waals surface area contributed by atoms with Crippen molar-refractivity contribution in [2.24, 2.45) is 0 Å². The summed E-state index contributed by atoms with van der Waals surface area (Å²) in [5.41, 5.74) is 1.29. The number of ether oxygens (including phenoxy) is 1. The summed E-state index contributed by atoms with van der Waals surface area (Å²) in [5, 5.41) is -0.152. The standard InChI is InChI=1S/C11H13NOS/c1-2-4-10(5-3-1)11-12(6-8-13-11)7-9-14-11/h1-5H,6-9H2. The summed E-state index contributed by atoms with van der Waals surface area (Å²) in [5.74, 6) is 1.18. The van der Waals surface area contributed by atoms with E-state index in [-0.39, 0.29) is 5.06 Å². The van der Waals surface area contributed by atoms with E-state index in [4.69, 9.17) is 4.74 Å². The largest absolute Gasteiger partial charge is 0.345 e. The van der Waals surface area contributed by atoms with Crippen LogP contribution in [0, 0.1) is 0 Å². The van der Waals surface area contributed by atoms with Gasteiger partial charge in [-0.25, -0.2) is 0 Å². The summed E-state index contributed by atoms with van der Waals surface area (Å²) in [6.45, 7) is 3.09. The van der Waals surface area contributed by atoms with Gasteiger partial charge in [0.15, 0.2) is 5.06 Å². The van der Waals surface area contributed by atoms with Crippen LogP contribution in [0.2, 0.25) is 0 Å². The molecule has 0 aromatic heterocycles. The van der Waals surface area contributed by atoms with Crippen LogP contribution in [0.1, 0.15) is 5.56 Å². The van der Waals surface area contributed by atoms with E-state index >= 15 is 0 Å². The van der Waals surface area contributed by atoms with Crippen molar-refractivity contribution in [3.8, 4) is 0 Å². The van der Waals surface area contributed by atoms with Crippen molar-refractivity contribution < 1.29 is 4.74 Å². The van der Waals surface area contributed by atoms with Crippen LogP contribution in [0.15, 0.2) is 30.3 Å². The molecule has 2 saturated heterocycles. The smallest absolute Gasteiger partial charge is 0.196 e. The second-order valence-electron chi connectivity index (χ2n) is 3.63. The number of benzene rings is 1. The average molecular weight is 207 g/mol. The summed E-state index contributed by atoms with van der Waals surface area (Å²) >= 11 is 1.92. The van der Waals surface area contributed by atoms with Gasteiger partial charge < -0.3 is 4.74 Å². The fourth-order valence-corrected chi connectivity index (χ4v) is 3.64. The summed E-state index contributed by atoms with van der Waals surface area (Å²) in [6, 6.07) is 10.6. The third-order valence-electron chi connectivity index (χ3n) is 2.87. The first-order chi connectivity index (χ1) is 6.92. The number of nitrogens with zero attached hydrogens (tertiary/aromatic N) is 1. The number of hydrogen-bond acceptors (Lipinski definition) is 3. The van der Waals surface area contributed by atoms with E-state index in [9.17, 15) is 0 Å². The molecule has 0 N–H and O–H groups in total. The molecule has 0 radical (unpaired) electrons. The maximum atomic E-state index is 5.94. The minimum atomic E-state index is -0.152. The summed E-state index contributed by atoms with van der Waals surface area (Å²) in [6.07, 6.45) is 0. The first kappa shape index (κ1) is 8.77. The monoisotopic (exact) mass is 207 g/mol. The van der Waals surface area contributed by atoms with E-state index in [0.29, 0.717) is 0 Å². The van der Waals surface area contributed by atoms with Gasteiger partial charge in [-0.1, -0.05) is 30.3 Å². The van der Waals surface area contributed by atoms with Crippen LogP contribution in [-0.4, -0.2) is 30.3 Å². The molecule has 2 heterocycles. The van der Waals surface area contributed by atoms with Crippen LogP contribution in [0.3, 0.4) is 0 Å². The van der Waals surface area contributed by atoms with E-state index in [0.717, 1.165) is 19.7 Å². The highest BCUT2D eigenvalue weighted by Crippen LogP contribution is 2.48. The van der Waals surface area contributed by atoms with Gasteiger partial charge in [0.1, 0.15) is 0 Å². The summed E-state index contributed by atoms with van der Waals surface area (Å²) in [4.78, 5) is 2.44. The van der Waals surface area contributed by atoms with Crippen LogP contribution in [0.5, 0.6) is 0 Å². The Balaban J connectivity index is 2.03. The van der Waals surface area contributed by atoms with E-state index in [1.807, 2.05) is 11.8 Å². The molecule has 2 nitrogen and oxygen atoms in total. The molecule has 2 fully saturated rings. The normalized spacial score (nSPS) is 32.0. The maximum Gasteiger partial charge on any atom is 0.196 e. The van der Waals surface area contributed by atoms with Gasteiger partial charge in [-0.2, -0.15) is 0 Å². The molecule has 2 aliphatic heterocycles. The van der Waals surface area contributed by atoms with Crippen LogP contribution in [0.25, 0.3) is 0 Å². The Bertz CT molecular complexity index is 317. The van der Waals surface area contributed by atoms with Crippen LogP contribution >= 0.6 is 11.8 Å². The zero-order valence-corrected chi connectivity index (χ0v) is 8.80. The molecule has 1 unspecified atom stereocenters. The second-order valence-corrected chi connectivity index (χ2v) is 4.88. The number of rotatable bonds is 1. The lowest BCUT2D eigenvalue weighted by atomic mass is 10.2. The van der Waals surface area contributed by atoms with Crippen molar-refractivity contribution in [1.82, 2.24) is 4.90 Å². The molecular formula is C11H13NOS. The van der Waals surface area contributed by atoms with E-state index in [1.165, 1.54) is 11.3 Å². The van der Waals surface area contributed by atoms with Gasteiger partial charge in [0.2, 0.25) is 0 Å². The molecule has 1 aromatic carbocycles. The Morgan fingerprint density at radius 3 is 2.93 bits per heavy atom. The van der Waals surface area contributed by atoms with Crippen molar-refractivity contribution in [3.63, 3.8) is 0 Å². The molecule has 0 amide bonds. The van der Waals surface area contributed by atoms with Crippen molar-refractivity contribution in [2.75, 3.05) is 25.4 Å². The van der Waals surface area contributed by atoms with Gasteiger partial charge in [0, 0.05) is 24.4 Å². The number of fused-ring (bicyclic) bond motifs is 1. The SMILES string of the molecule is c1ccc(C23OCCN2CCS3)cc1. The lowest BCUT2D eigenvalue weighted by Gasteiger charge is -2.29. The van der Waals surface area contributed by atoms with E-state index in [1.54, 1.807) is 0 Å². The molecule has 1 atom stereocenters. The Hall–Kier alpha value is -0.510. The topological polar surface area (TPSA) is 12.5 Å². The molecular weight excluding hydrogens is 194 g/mol. The summed E-state index contributed by atoms with van der Waals surface area (Å²) in [7, 11) is 0. The molecule has 0 bridgehead atoms. The van der Waals surface area contributed by atoms with Crippen LogP contribution in [0.4, 0.5) is 0 Å². The molecule has 0 spiro atoms. The van der Waals surface area contributed by atoms with Gasteiger partial charge in [0.05, 0.1) is 6.61 Å². The molecule has 14 heavy (non-hydrogen) atoms. The average Bonchev–Trinajstić information content (AvgIpc) is 2.77. The predicted octanol–water partition coefficient (Wildman–Crippen LogP) is 1.88. The lowest BCUT2D eigenvalue weighted by Crippen LogP contribution is -2.34. The minimum Gasteiger partial charge on any atom is -0.345 e. The van der Waals surface area contributed by atoms with Crippen LogP contribution in [-0.2, 0) is 9.79 Å². The predicted molar refractivity (Wildman–Crippen MR) is 58.1 cm³/mol. The number of hydrogen-bond donors (Lipinski definition) is 0. The van der Waals surface area contributed by atoms with Crippen LogP contribution < -0.4 is 0 Å². The highest BCUT2D eigenvalue weighted by atomic mass is 32.2. The summed E-state index contributed by atoms with van der Waals surface area (Å²) < 4.78 is 5.94. The zero-order chi connectivity index (χ0) is 9.43.